The Hall–Kier alpha value is -2.93. The minimum Gasteiger partial charge on any atom is -0.441 e. The van der Waals surface area contributed by atoms with Crippen molar-refractivity contribution in [1.82, 2.24) is 15.8 Å². The number of rotatable bonds is 5. The van der Waals surface area contributed by atoms with E-state index in [1.165, 1.54) is 32.9 Å². The van der Waals surface area contributed by atoms with Crippen LogP contribution in [0.15, 0.2) is 34.9 Å². The summed E-state index contributed by atoms with van der Waals surface area (Å²) in [7, 11) is 0. The molecule has 0 saturated carbocycles. The van der Waals surface area contributed by atoms with Crippen LogP contribution in [0.4, 0.5) is 0 Å². The van der Waals surface area contributed by atoms with E-state index >= 15 is 0 Å². The van der Waals surface area contributed by atoms with E-state index in [1.54, 1.807) is 6.20 Å². The molecule has 4 rings (SSSR count). The summed E-state index contributed by atoms with van der Waals surface area (Å²) in [6.07, 6.45) is 5.45. The first-order valence-electron chi connectivity index (χ1n) is 9.72. The molecule has 29 heavy (non-hydrogen) atoms. The molecule has 0 unspecified atom stereocenters. The molecule has 0 atom stereocenters. The highest BCUT2D eigenvalue weighted by Gasteiger charge is 2.18. The van der Waals surface area contributed by atoms with Gasteiger partial charge in [-0.05, 0) is 61.9 Å². The van der Waals surface area contributed by atoms with Crippen LogP contribution in [0.3, 0.4) is 0 Å². The average molecular weight is 410 g/mol. The van der Waals surface area contributed by atoms with Gasteiger partial charge in [0, 0.05) is 23.3 Å². The number of hydrogen-bond donors (Lipinski definition) is 2. The van der Waals surface area contributed by atoms with Crippen LogP contribution in [0.5, 0.6) is 0 Å². The fourth-order valence-electron chi connectivity index (χ4n) is 3.37. The van der Waals surface area contributed by atoms with Gasteiger partial charge in [0.2, 0.25) is 5.91 Å². The Bertz CT molecular complexity index is 1050. The maximum Gasteiger partial charge on any atom is 0.279 e. The Morgan fingerprint density at radius 3 is 2.79 bits per heavy atom. The SMILES string of the molecule is Cc1ccc(-c2cnc(CCC(=O)NNC(=O)c3cc4c(s3)CCC4)o2)cc1C. The Balaban J connectivity index is 1.27. The van der Waals surface area contributed by atoms with Gasteiger partial charge < -0.3 is 4.42 Å². The fourth-order valence-corrected chi connectivity index (χ4v) is 4.51. The molecule has 2 amide bonds. The van der Waals surface area contributed by atoms with Gasteiger partial charge in [-0.3, -0.25) is 20.4 Å². The van der Waals surface area contributed by atoms with E-state index in [4.69, 9.17) is 4.42 Å². The van der Waals surface area contributed by atoms with E-state index in [-0.39, 0.29) is 18.2 Å². The highest BCUT2D eigenvalue weighted by atomic mass is 32.1. The number of aryl methyl sites for hydroxylation is 5. The molecule has 1 aliphatic rings. The molecular formula is C22H23N3O3S. The highest BCUT2D eigenvalue weighted by molar-refractivity contribution is 7.14. The summed E-state index contributed by atoms with van der Waals surface area (Å²) in [5.74, 6) is 0.621. The zero-order valence-electron chi connectivity index (χ0n) is 16.5. The predicted octanol–water partition coefficient (Wildman–Crippen LogP) is 3.90. The van der Waals surface area contributed by atoms with E-state index in [1.807, 2.05) is 18.2 Å². The zero-order valence-corrected chi connectivity index (χ0v) is 17.3. The van der Waals surface area contributed by atoms with Gasteiger partial charge in [0.1, 0.15) is 0 Å². The van der Waals surface area contributed by atoms with E-state index in [2.05, 4.69) is 35.7 Å². The normalized spacial score (nSPS) is 12.6. The van der Waals surface area contributed by atoms with Gasteiger partial charge in [-0.25, -0.2) is 4.98 Å². The number of nitrogens with zero attached hydrogens (tertiary/aromatic N) is 1. The van der Waals surface area contributed by atoms with E-state index in [9.17, 15) is 9.59 Å². The minimum atomic E-state index is -0.284. The zero-order chi connectivity index (χ0) is 20.4. The lowest BCUT2D eigenvalue weighted by atomic mass is 10.1. The third kappa shape index (κ3) is 4.40. The lowest BCUT2D eigenvalue weighted by molar-refractivity contribution is -0.121. The van der Waals surface area contributed by atoms with E-state index < -0.39 is 0 Å². The second kappa shape index (κ2) is 8.21. The monoisotopic (exact) mass is 409 g/mol. The van der Waals surface area contributed by atoms with Crippen molar-refractivity contribution in [3.63, 3.8) is 0 Å². The molecule has 3 aromatic rings. The average Bonchev–Trinajstić information content (AvgIpc) is 3.42. The van der Waals surface area contributed by atoms with Crippen LogP contribution < -0.4 is 10.9 Å². The van der Waals surface area contributed by atoms with Crippen LogP contribution in [0.2, 0.25) is 0 Å². The van der Waals surface area contributed by atoms with Gasteiger partial charge in [0.05, 0.1) is 11.1 Å². The standard InChI is InChI=1S/C22H23N3O3S/c1-13-6-7-15(10-14(13)2)17-12-23-21(28-17)9-8-20(26)24-25-22(27)19-11-16-4-3-5-18(16)29-19/h6-7,10-12H,3-5,8-9H2,1-2H3,(H,24,26)(H,25,27). The molecule has 6 nitrogen and oxygen atoms in total. The summed E-state index contributed by atoms with van der Waals surface area (Å²) in [4.78, 5) is 30.4. The molecule has 2 aromatic heterocycles. The Morgan fingerprint density at radius 1 is 1.14 bits per heavy atom. The predicted molar refractivity (Wildman–Crippen MR) is 112 cm³/mol. The lowest BCUT2D eigenvalue weighted by Gasteiger charge is -2.05. The first-order chi connectivity index (χ1) is 14.0. The molecule has 0 fully saturated rings. The molecule has 0 spiro atoms. The largest absolute Gasteiger partial charge is 0.441 e. The molecule has 150 valence electrons. The number of amides is 2. The summed E-state index contributed by atoms with van der Waals surface area (Å²) in [5, 5.41) is 0. The van der Waals surface area contributed by atoms with Gasteiger partial charge in [0.15, 0.2) is 11.7 Å². The van der Waals surface area contributed by atoms with Crippen LogP contribution in [-0.2, 0) is 24.1 Å². The van der Waals surface area contributed by atoms with Gasteiger partial charge in [-0.1, -0.05) is 12.1 Å². The number of aromatic nitrogens is 1. The third-order valence-corrected chi connectivity index (χ3v) is 6.43. The number of oxazole rings is 1. The van der Waals surface area contributed by atoms with Crippen LogP contribution in [0, 0.1) is 13.8 Å². The molecule has 0 aliphatic heterocycles. The maximum atomic E-state index is 12.2. The number of fused-ring (bicyclic) bond motifs is 1. The molecular weight excluding hydrogens is 386 g/mol. The summed E-state index contributed by atoms with van der Waals surface area (Å²) in [6, 6.07) is 8.03. The lowest BCUT2D eigenvalue weighted by Crippen LogP contribution is -2.41. The highest BCUT2D eigenvalue weighted by Crippen LogP contribution is 2.30. The van der Waals surface area contributed by atoms with Crippen LogP contribution >= 0.6 is 11.3 Å². The molecule has 0 saturated heterocycles. The van der Waals surface area contributed by atoms with E-state index in [0.717, 1.165) is 24.8 Å². The Labute approximate surface area is 173 Å². The number of carbonyl (C=O) groups excluding carboxylic acids is 2. The van der Waals surface area contributed by atoms with Crippen molar-refractivity contribution in [2.45, 2.75) is 46.0 Å². The van der Waals surface area contributed by atoms with Crippen molar-refractivity contribution < 1.29 is 14.0 Å². The molecule has 0 bridgehead atoms. The maximum absolute atomic E-state index is 12.2. The topological polar surface area (TPSA) is 84.2 Å². The van der Waals surface area contributed by atoms with Gasteiger partial charge in [-0.2, -0.15) is 0 Å². The smallest absolute Gasteiger partial charge is 0.279 e. The quantitative estimate of drug-likeness (QED) is 0.626. The Morgan fingerprint density at radius 2 is 2.00 bits per heavy atom. The number of thiophene rings is 1. The van der Waals surface area contributed by atoms with Crippen molar-refractivity contribution in [2.75, 3.05) is 0 Å². The second-order valence-corrected chi connectivity index (χ2v) is 8.47. The number of carbonyl (C=O) groups is 2. The van der Waals surface area contributed by atoms with Crippen molar-refractivity contribution in [1.29, 1.82) is 0 Å². The summed E-state index contributed by atoms with van der Waals surface area (Å²) in [5.41, 5.74) is 9.59. The van der Waals surface area contributed by atoms with Crippen LogP contribution in [0.25, 0.3) is 11.3 Å². The Kier molecular flexibility index (Phi) is 5.49. The van der Waals surface area contributed by atoms with Gasteiger partial charge >= 0.3 is 0 Å². The molecule has 7 heteroatoms. The second-order valence-electron chi connectivity index (χ2n) is 7.33. The molecule has 1 aromatic carbocycles. The molecule has 1 aliphatic carbocycles. The minimum absolute atomic E-state index is 0.175. The van der Waals surface area contributed by atoms with Crippen molar-refractivity contribution >= 4 is 23.2 Å². The fraction of sp³-hybridized carbons (Fsp3) is 0.318. The first-order valence-corrected chi connectivity index (χ1v) is 10.5. The van der Waals surface area contributed by atoms with Crippen molar-refractivity contribution in [2.24, 2.45) is 0 Å². The van der Waals surface area contributed by atoms with Gasteiger partial charge in [0.25, 0.3) is 5.91 Å². The van der Waals surface area contributed by atoms with Gasteiger partial charge in [-0.15, -0.1) is 11.3 Å². The third-order valence-electron chi connectivity index (χ3n) is 5.20. The summed E-state index contributed by atoms with van der Waals surface area (Å²) >= 11 is 1.51. The van der Waals surface area contributed by atoms with Crippen molar-refractivity contribution in [3.8, 4) is 11.3 Å². The van der Waals surface area contributed by atoms with E-state index in [0.29, 0.717) is 22.9 Å². The number of nitrogens with one attached hydrogen (secondary N) is 2. The van der Waals surface area contributed by atoms with Crippen LogP contribution in [-0.4, -0.2) is 16.8 Å². The summed E-state index contributed by atoms with van der Waals surface area (Å²) in [6.45, 7) is 4.12. The molecule has 0 radical (unpaired) electrons. The molecule has 2 N–H and O–H groups in total. The summed E-state index contributed by atoms with van der Waals surface area (Å²) < 4.78 is 5.77. The van der Waals surface area contributed by atoms with Crippen LogP contribution in [0.1, 0.15) is 50.0 Å². The number of hydrazine groups is 1. The van der Waals surface area contributed by atoms with Crippen molar-refractivity contribution in [3.05, 3.63) is 62.8 Å². The number of hydrogen-bond acceptors (Lipinski definition) is 5. The number of benzene rings is 1. The molecule has 2 heterocycles. The first kappa shape index (κ1) is 19.4.